The van der Waals surface area contributed by atoms with E-state index in [1.165, 1.54) is 10.6 Å². The molecule has 1 amide bonds. The number of rotatable bonds is 1. The Labute approximate surface area is 151 Å². The summed E-state index contributed by atoms with van der Waals surface area (Å²) in [5, 5.41) is 4.27. The van der Waals surface area contributed by atoms with Crippen LogP contribution in [0.2, 0.25) is 0 Å². The van der Waals surface area contributed by atoms with Gasteiger partial charge in [-0.25, -0.2) is 9.50 Å². The molecular formula is C16H14BF3N4OS. The minimum absolute atomic E-state index is 0.240. The molecular weight excluding hydrogens is 364 g/mol. The normalized spacial score (nSPS) is 17.5. The minimum Gasteiger partial charge on any atom is -0.330 e. The third-order valence-electron chi connectivity index (χ3n) is 4.54. The Morgan fingerprint density at radius 1 is 1.38 bits per heavy atom. The quantitative estimate of drug-likeness (QED) is 0.608. The number of halogens is 3. The lowest BCUT2D eigenvalue weighted by Gasteiger charge is -2.33. The van der Waals surface area contributed by atoms with Crippen molar-refractivity contribution in [1.82, 2.24) is 19.5 Å². The number of fused-ring (bicyclic) bond motifs is 2. The predicted molar refractivity (Wildman–Crippen MR) is 93.6 cm³/mol. The van der Waals surface area contributed by atoms with E-state index in [2.05, 4.69) is 10.1 Å². The van der Waals surface area contributed by atoms with E-state index >= 15 is 0 Å². The van der Waals surface area contributed by atoms with Gasteiger partial charge in [0, 0.05) is 29.9 Å². The smallest absolute Gasteiger partial charge is 0.330 e. The van der Waals surface area contributed by atoms with Crippen molar-refractivity contribution in [2.75, 3.05) is 6.54 Å². The van der Waals surface area contributed by atoms with Gasteiger partial charge in [-0.05, 0) is 25.0 Å². The van der Waals surface area contributed by atoms with Crippen molar-refractivity contribution in [2.24, 2.45) is 0 Å². The van der Waals surface area contributed by atoms with Gasteiger partial charge in [-0.2, -0.15) is 18.3 Å². The molecule has 10 heteroatoms. The molecule has 0 aromatic carbocycles. The number of nitrogens with zero attached hydrogens (tertiary/aromatic N) is 4. The van der Waals surface area contributed by atoms with Gasteiger partial charge in [0.25, 0.3) is 5.91 Å². The highest BCUT2D eigenvalue weighted by molar-refractivity contribution is 7.12. The summed E-state index contributed by atoms with van der Waals surface area (Å²) in [7, 11) is 1.87. The van der Waals surface area contributed by atoms with Crippen LogP contribution in [0.3, 0.4) is 0 Å². The summed E-state index contributed by atoms with van der Waals surface area (Å²) in [5.74, 6) is -0.300. The van der Waals surface area contributed by atoms with E-state index in [9.17, 15) is 18.0 Å². The molecule has 3 aromatic rings. The second-order valence-electron chi connectivity index (χ2n) is 6.38. The topological polar surface area (TPSA) is 50.5 Å². The summed E-state index contributed by atoms with van der Waals surface area (Å²) in [6.45, 7) is 2.12. The van der Waals surface area contributed by atoms with Gasteiger partial charge >= 0.3 is 6.18 Å². The third-order valence-corrected chi connectivity index (χ3v) is 5.80. The monoisotopic (exact) mass is 378 g/mol. The predicted octanol–water partition coefficient (Wildman–Crippen LogP) is 1.83. The van der Waals surface area contributed by atoms with Gasteiger partial charge in [0.1, 0.15) is 12.7 Å². The number of aromatic nitrogens is 3. The van der Waals surface area contributed by atoms with Crippen LogP contribution in [0.25, 0.3) is 5.65 Å². The van der Waals surface area contributed by atoms with Crippen LogP contribution in [0.5, 0.6) is 0 Å². The Balaban J connectivity index is 1.65. The second kappa shape index (κ2) is 5.83. The second-order valence-corrected chi connectivity index (χ2v) is 7.51. The maximum absolute atomic E-state index is 13.0. The zero-order chi connectivity index (χ0) is 18.6. The number of thiophene rings is 1. The molecule has 26 heavy (non-hydrogen) atoms. The highest BCUT2D eigenvalue weighted by Gasteiger charge is 2.37. The van der Waals surface area contributed by atoms with Crippen molar-refractivity contribution < 1.29 is 18.0 Å². The summed E-state index contributed by atoms with van der Waals surface area (Å²) in [5.41, 5.74) is 2.28. The Hall–Kier alpha value is -2.36. The van der Waals surface area contributed by atoms with E-state index in [0.29, 0.717) is 29.1 Å². The van der Waals surface area contributed by atoms with Crippen LogP contribution in [0.15, 0.2) is 24.5 Å². The van der Waals surface area contributed by atoms with Gasteiger partial charge in [0.2, 0.25) is 0 Å². The maximum Gasteiger partial charge on any atom is 0.425 e. The highest BCUT2D eigenvalue weighted by Crippen LogP contribution is 2.42. The highest BCUT2D eigenvalue weighted by atomic mass is 32.1. The van der Waals surface area contributed by atoms with E-state index in [1.54, 1.807) is 30.3 Å². The van der Waals surface area contributed by atoms with E-state index in [0.717, 1.165) is 16.8 Å². The molecule has 134 valence electrons. The van der Waals surface area contributed by atoms with E-state index < -0.39 is 17.1 Å². The first-order valence-electron chi connectivity index (χ1n) is 8.07. The largest absolute Gasteiger partial charge is 0.425 e. The fraction of sp³-hybridized carbons (Fsp3) is 0.312. The molecule has 0 bridgehead atoms. The molecule has 0 radical (unpaired) electrons. The maximum atomic E-state index is 13.0. The van der Waals surface area contributed by atoms with Crippen molar-refractivity contribution in [2.45, 2.75) is 25.6 Å². The van der Waals surface area contributed by atoms with Crippen LogP contribution in [0, 0.1) is 0 Å². The molecule has 0 N–H and O–H groups in total. The molecule has 5 nitrogen and oxygen atoms in total. The van der Waals surface area contributed by atoms with Gasteiger partial charge in [-0.1, -0.05) is 5.46 Å². The van der Waals surface area contributed by atoms with Crippen molar-refractivity contribution in [1.29, 1.82) is 0 Å². The van der Waals surface area contributed by atoms with Crippen LogP contribution in [0.1, 0.15) is 38.8 Å². The van der Waals surface area contributed by atoms with Crippen molar-refractivity contribution in [3.05, 3.63) is 45.5 Å². The van der Waals surface area contributed by atoms with E-state index in [4.69, 9.17) is 0 Å². The summed E-state index contributed by atoms with van der Waals surface area (Å²) >= 11 is 0.768. The Kier molecular flexibility index (Phi) is 3.83. The summed E-state index contributed by atoms with van der Waals surface area (Å²) < 4.78 is 40.5. The Bertz CT molecular complexity index is 1010. The SMILES string of the molecule is Bc1cnc2cc(C(=O)N3CCc4sc(C(F)(F)F)cc4C3C)nn2c1. The molecule has 0 saturated carbocycles. The fourth-order valence-corrected chi connectivity index (χ4v) is 4.32. The van der Waals surface area contributed by atoms with Crippen molar-refractivity contribution >= 4 is 36.2 Å². The zero-order valence-corrected chi connectivity index (χ0v) is 14.9. The van der Waals surface area contributed by atoms with Gasteiger partial charge in [-0.3, -0.25) is 4.79 Å². The van der Waals surface area contributed by atoms with Gasteiger partial charge < -0.3 is 4.90 Å². The van der Waals surface area contributed by atoms with Crippen molar-refractivity contribution in [3.8, 4) is 0 Å². The standard InChI is InChI=1S/C16H14BF3N4OS/c1-8-10-4-13(16(18,19)20)26-12(10)2-3-23(8)15(25)11-5-14-21-6-9(17)7-24(14)22-11/h4-8H,2-3,17H2,1H3. The van der Waals surface area contributed by atoms with Crippen LogP contribution in [-0.2, 0) is 12.6 Å². The lowest BCUT2D eigenvalue weighted by molar-refractivity contribution is -0.134. The summed E-state index contributed by atoms with van der Waals surface area (Å²) in [6.07, 6.45) is -0.491. The number of alkyl halides is 3. The van der Waals surface area contributed by atoms with Gasteiger partial charge in [0.05, 0.1) is 6.04 Å². The summed E-state index contributed by atoms with van der Waals surface area (Å²) in [6, 6.07) is 2.33. The first kappa shape index (κ1) is 17.1. The van der Waals surface area contributed by atoms with E-state index in [1.807, 2.05) is 7.85 Å². The molecule has 1 atom stereocenters. The minimum atomic E-state index is -4.36. The average molecular weight is 378 g/mol. The lowest BCUT2D eigenvalue weighted by atomic mass is 10.0. The number of carbonyl (C=O) groups is 1. The lowest BCUT2D eigenvalue weighted by Crippen LogP contribution is -2.38. The van der Waals surface area contributed by atoms with Gasteiger partial charge in [-0.15, -0.1) is 11.3 Å². The molecule has 0 fully saturated rings. The Morgan fingerprint density at radius 2 is 2.15 bits per heavy atom. The van der Waals surface area contributed by atoms with Crippen molar-refractivity contribution in [3.63, 3.8) is 0 Å². The van der Waals surface area contributed by atoms with Crippen LogP contribution in [0.4, 0.5) is 13.2 Å². The third kappa shape index (κ3) is 2.78. The molecule has 0 saturated heterocycles. The fourth-order valence-electron chi connectivity index (χ4n) is 3.21. The number of hydrogen-bond donors (Lipinski definition) is 0. The zero-order valence-electron chi connectivity index (χ0n) is 14.0. The van der Waals surface area contributed by atoms with E-state index in [-0.39, 0.29) is 11.6 Å². The van der Waals surface area contributed by atoms with Crippen LogP contribution < -0.4 is 5.46 Å². The average Bonchev–Trinajstić information content (AvgIpc) is 3.18. The first-order valence-corrected chi connectivity index (χ1v) is 8.88. The molecule has 0 aliphatic carbocycles. The number of carbonyl (C=O) groups excluding carboxylic acids is 1. The molecule has 1 unspecified atom stereocenters. The van der Waals surface area contributed by atoms with Crippen LogP contribution in [-0.4, -0.2) is 39.8 Å². The molecule has 0 spiro atoms. The molecule has 4 rings (SSSR count). The first-order chi connectivity index (χ1) is 12.2. The number of amides is 1. The van der Waals surface area contributed by atoms with Gasteiger partial charge in [0.15, 0.2) is 11.3 Å². The summed E-state index contributed by atoms with van der Waals surface area (Å²) in [4.78, 5) is 18.8. The molecule has 4 heterocycles. The molecule has 1 aliphatic heterocycles. The molecule has 1 aliphatic rings. The van der Waals surface area contributed by atoms with Crippen LogP contribution >= 0.6 is 11.3 Å². The number of hydrogen-bond acceptors (Lipinski definition) is 4. The Morgan fingerprint density at radius 3 is 2.88 bits per heavy atom. The molecule has 3 aromatic heterocycles.